The second-order valence-corrected chi connectivity index (χ2v) is 6.17. The predicted octanol–water partition coefficient (Wildman–Crippen LogP) is 0.894. The lowest BCUT2D eigenvalue weighted by Gasteiger charge is -2.34. The lowest BCUT2D eigenvalue weighted by molar-refractivity contribution is -0.135. The van der Waals surface area contributed by atoms with E-state index in [-0.39, 0.29) is 18.6 Å². The van der Waals surface area contributed by atoms with Gasteiger partial charge in [-0.1, -0.05) is 6.42 Å². The molecule has 3 N–H and O–H groups in total. The number of nitrogens with zero attached hydrogens (tertiary/aromatic N) is 1. The molecule has 0 radical (unpaired) electrons. The summed E-state index contributed by atoms with van der Waals surface area (Å²) < 4.78 is 5.52. The average molecular weight is 284 g/mol. The first-order valence-corrected chi connectivity index (χ1v) is 7.95. The second-order valence-electron chi connectivity index (χ2n) is 6.17. The highest BCUT2D eigenvalue weighted by Gasteiger charge is 2.27. The molecule has 1 aliphatic carbocycles. The van der Waals surface area contributed by atoms with Crippen LogP contribution in [0.5, 0.6) is 0 Å². The van der Waals surface area contributed by atoms with E-state index < -0.39 is 0 Å². The Hall–Kier alpha value is -0.650. The molecule has 0 aromatic rings. The van der Waals surface area contributed by atoms with Gasteiger partial charge in [-0.05, 0) is 38.0 Å². The van der Waals surface area contributed by atoms with Crippen molar-refractivity contribution in [3.8, 4) is 0 Å². The van der Waals surface area contributed by atoms with Gasteiger partial charge in [0.15, 0.2) is 0 Å². The van der Waals surface area contributed by atoms with Crippen LogP contribution in [0, 0.1) is 5.92 Å². The molecule has 2 fully saturated rings. The number of ether oxygens (including phenoxy) is 1. The number of amides is 1. The summed E-state index contributed by atoms with van der Waals surface area (Å²) in [6, 6.07) is 0.291. The monoisotopic (exact) mass is 284 g/mol. The molecule has 1 saturated heterocycles. The maximum atomic E-state index is 12.3. The van der Waals surface area contributed by atoms with E-state index in [0.29, 0.717) is 25.0 Å². The molecule has 1 aliphatic heterocycles. The molecular weight excluding hydrogens is 256 g/mol. The molecule has 2 unspecified atom stereocenters. The van der Waals surface area contributed by atoms with Crippen molar-refractivity contribution >= 4 is 5.91 Å². The lowest BCUT2D eigenvalue weighted by atomic mass is 9.84. The van der Waals surface area contributed by atoms with Crippen molar-refractivity contribution in [2.45, 2.75) is 57.1 Å². The highest BCUT2D eigenvalue weighted by Crippen LogP contribution is 2.27. The number of carbonyl (C=O) groups excluding carboxylic acids is 1. The van der Waals surface area contributed by atoms with Gasteiger partial charge in [0.05, 0.1) is 19.3 Å². The molecule has 2 rings (SSSR count). The van der Waals surface area contributed by atoms with Gasteiger partial charge in [-0.3, -0.25) is 4.79 Å². The van der Waals surface area contributed by atoms with Crippen molar-refractivity contribution in [1.82, 2.24) is 4.90 Å². The number of carbonyl (C=O) groups is 1. The maximum absolute atomic E-state index is 12.3. The molecule has 2 atom stereocenters. The minimum Gasteiger partial charge on any atom is -0.394 e. The van der Waals surface area contributed by atoms with Crippen LogP contribution in [0.15, 0.2) is 0 Å². The fourth-order valence-electron chi connectivity index (χ4n) is 3.39. The van der Waals surface area contributed by atoms with Crippen molar-refractivity contribution in [3.05, 3.63) is 0 Å². The third-order valence-electron chi connectivity index (χ3n) is 4.53. The van der Waals surface area contributed by atoms with Crippen LogP contribution in [-0.4, -0.2) is 54.4 Å². The van der Waals surface area contributed by atoms with Gasteiger partial charge >= 0.3 is 0 Å². The maximum Gasteiger partial charge on any atom is 0.222 e. The quantitative estimate of drug-likeness (QED) is 0.786. The smallest absolute Gasteiger partial charge is 0.222 e. The molecule has 2 aliphatic rings. The molecule has 20 heavy (non-hydrogen) atoms. The number of hydrogen-bond donors (Lipinski definition) is 2. The largest absolute Gasteiger partial charge is 0.394 e. The highest BCUT2D eigenvalue weighted by atomic mass is 16.5. The first-order valence-electron chi connectivity index (χ1n) is 7.95. The number of aliphatic hydroxyl groups is 1. The first kappa shape index (κ1) is 15.7. The molecule has 0 spiro atoms. The number of aliphatic hydroxyl groups excluding tert-OH is 1. The summed E-state index contributed by atoms with van der Waals surface area (Å²) in [7, 11) is 0. The summed E-state index contributed by atoms with van der Waals surface area (Å²) in [5.41, 5.74) is 5.98. The topological polar surface area (TPSA) is 75.8 Å². The Kier molecular flexibility index (Phi) is 6.26. The Balaban J connectivity index is 1.69. The molecule has 116 valence electrons. The summed E-state index contributed by atoms with van der Waals surface area (Å²) in [5, 5.41) is 8.74. The highest BCUT2D eigenvalue weighted by molar-refractivity contribution is 5.76. The van der Waals surface area contributed by atoms with Crippen LogP contribution in [0.3, 0.4) is 0 Å². The van der Waals surface area contributed by atoms with Gasteiger partial charge in [0.25, 0.3) is 0 Å². The summed E-state index contributed by atoms with van der Waals surface area (Å²) in [6.45, 7) is 2.04. The normalized spacial score (nSPS) is 28.6. The Bertz CT molecular complexity index is 303. The Morgan fingerprint density at radius 1 is 1.25 bits per heavy atom. The van der Waals surface area contributed by atoms with Crippen molar-refractivity contribution < 1.29 is 14.6 Å². The number of piperidine rings is 1. The van der Waals surface area contributed by atoms with Crippen LogP contribution in [0.25, 0.3) is 0 Å². The summed E-state index contributed by atoms with van der Waals surface area (Å²) in [6.07, 6.45) is 7.06. The molecule has 5 nitrogen and oxygen atoms in total. The van der Waals surface area contributed by atoms with E-state index in [1.807, 2.05) is 4.90 Å². The van der Waals surface area contributed by atoms with Gasteiger partial charge in [-0.25, -0.2) is 0 Å². The fourth-order valence-corrected chi connectivity index (χ4v) is 3.39. The predicted molar refractivity (Wildman–Crippen MR) is 77.2 cm³/mol. The Labute approximate surface area is 121 Å². The van der Waals surface area contributed by atoms with Gasteiger partial charge in [0.2, 0.25) is 5.91 Å². The molecular formula is C15H28N2O3. The minimum absolute atomic E-state index is 0.0705. The number of likely N-dealkylation sites (tertiary alicyclic amines) is 1. The van der Waals surface area contributed by atoms with Crippen molar-refractivity contribution in [3.63, 3.8) is 0 Å². The van der Waals surface area contributed by atoms with Crippen molar-refractivity contribution in [2.75, 3.05) is 26.3 Å². The Morgan fingerprint density at radius 2 is 2.00 bits per heavy atom. The van der Waals surface area contributed by atoms with Gasteiger partial charge in [0.1, 0.15) is 0 Å². The number of hydrogen-bond acceptors (Lipinski definition) is 4. The summed E-state index contributed by atoms with van der Waals surface area (Å²) >= 11 is 0. The molecule has 1 amide bonds. The van der Waals surface area contributed by atoms with Gasteiger partial charge in [-0.15, -0.1) is 0 Å². The first-order chi connectivity index (χ1) is 9.69. The number of rotatable bonds is 5. The zero-order valence-corrected chi connectivity index (χ0v) is 12.3. The third-order valence-corrected chi connectivity index (χ3v) is 4.53. The summed E-state index contributed by atoms with van der Waals surface area (Å²) in [4.78, 5) is 14.3. The van der Waals surface area contributed by atoms with Gasteiger partial charge in [0, 0.05) is 25.6 Å². The molecule has 0 aromatic heterocycles. The van der Waals surface area contributed by atoms with Crippen LogP contribution in [-0.2, 0) is 9.53 Å². The zero-order valence-electron chi connectivity index (χ0n) is 12.3. The number of nitrogens with two attached hydrogens (primary N) is 1. The van der Waals surface area contributed by atoms with Gasteiger partial charge < -0.3 is 20.5 Å². The zero-order chi connectivity index (χ0) is 14.4. The van der Waals surface area contributed by atoms with E-state index in [0.717, 1.165) is 51.6 Å². The van der Waals surface area contributed by atoms with E-state index in [9.17, 15) is 4.79 Å². The van der Waals surface area contributed by atoms with E-state index in [2.05, 4.69) is 0 Å². The van der Waals surface area contributed by atoms with Gasteiger partial charge in [-0.2, -0.15) is 0 Å². The van der Waals surface area contributed by atoms with E-state index in [4.69, 9.17) is 15.6 Å². The lowest BCUT2D eigenvalue weighted by Crippen LogP contribution is -2.42. The molecule has 5 heteroatoms. The molecule has 0 bridgehead atoms. The molecule has 1 heterocycles. The minimum atomic E-state index is 0.0705. The molecule has 1 saturated carbocycles. The van der Waals surface area contributed by atoms with Crippen LogP contribution in [0.2, 0.25) is 0 Å². The van der Waals surface area contributed by atoms with E-state index >= 15 is 0 Å². The summed E-state index contributed by atoms with van der Waals surface area (Å²) in [5.74, 6) is 0.763. The van der Waals surface area contributed by atoms with Crippen LogP contribution in [0.1, 0.15) is 44.9 Å². The SMILES string of the molecule is NC1CCCC(CC(=O)N2CCC(OCCO)CC2)C1. The van der Waals surface area contributed by atoms with Crippen molar-refractivity contribution in [1.29, 1.82) is 0 Å². The second kappa shape index (κ2) is 7.96. The van der Waals surface area contributed by atoms with Crippen LogP contribution >= 0.6 is 0 Å². The van der Waals surface area contributed by atoms with E-state index in [1.165, 1.54) is 0 Å². The van der Waals surface area contributed by atoms with E-state index in [1.54, 1.807) is 0 Å². The molecule has 0 aromatic carbocycles. The third kappa shape index (κ3) is 4.72. The van der Waals surface area contributed by atoms with Crippen molar-refractivity contribution in [2.24, 2.45) is 11.7 Å². The average Bonchev–Trinajstić information content (AvgIpc) is 2.45. The van der Waals surface area contributed by atoms with Crippen LogP contribution < -0.4 is 5.73 Å². The standard InChI is InChI=1S/C15H28N2O3/c16-13-3-1-2-12(10-13)11-15(19)17-6-4-14(5-7-17)20-9-8-18/h12-14,18H,1-11,16H2. The Morgan fingerprint density at radius 3 is 2.65 bits per heavy atom. The fraction of sp³-hybridized carbons (Fsp3) is 0.933. The van der Waals surface area contributed by atoms with Crippen LogP contribution in [0.4, 0.5) is 0 Å².